The predicted octanol–water partition coefficient (Wildman–Crippen LogP) is 2.91. The van der Waals surface area contributed by atoms with Crippen molar-refractivity contribution in [1.29, 1.82) is 0 Å². The highest BCUT2D eigenvalue weighted by molar-refractivity contribution is 5.80. The van der Waals surface area contributed by atoms with E-state index in [1.807, 2.05) is 0 Å². The van der Waals surface area contributed by atoms with E-state index in [2.05, 4.69) is 15.2 Å². The second kappa shape index (κ2) is 9.46. The summed E-state index contributed by atoms with van der Waals surface area (Å²) in [6.07, 6.45) is 3.80. The molecular formula is C20H29F2N3O2. The van der Waals surface area contributed by atoms with E-state index in [4.69, 9.17) is 9.47 Å². The van der Waals surface area contributed by atoms with E-state index in [9.17, 15) is 8.78 Å². The van der Waals surface area contributed by atoms with Crippen molar-refractivity contribution in [3.63, 3.8) is 0 Å². The molecule has 2 atom stereocenters. The monoisotopic (exact) mass is 381 g/mol. The fraction of sp³-hybridized carbons (Fsp3) is 0.650. The van der Waals surface area contributed by atoms with Crippen LogP contribution >= 0.6 is 0 Å². The van der Waals surface area contributed by atoms with Crippen molar-refractivity contribution in [3.8, 4) is 0 Å². The summed E-state index contributed by atoms with van der Waals surface area (Å²) >= 11 is 0. The first-order valence-corrected chi connectivity index (χ1v) is 9.66. The van der Waals surface area contributed by atoms with Gasteiger partial charge in [0.2, 0.25) is 0 Å². The minimum Gasteiger partial charge on any atom is -0.385 e. The fourth-order valence-electron chi connectivity index (χ4n) is 3.69. The Morgan fingerprint density at radius 2 is 1.93 bits per heavy atom. The normalized spacial score (nSPS) is 23.6. The molecule has 1 saturated carbocycles. The molecule has 1 aromatic rings. The van der Waals surface area contributed by atoms with Crippen LogP contribution < -0.4 is 5.32 Å². The Labute approximate surface area is 159 Å². The number of rotatable bonds is 7. The zero-order valence-electron chi connectivity index (χ0n) is 16.1. The van der Waals surface area contributed by atoms with Gasteiger partial charge in [0.1, 0.15) is 11.6 Å². The van der Waals surface area contributed by atoms with E-state index in [-0.39, 0.29) is 23.6 Å². The summed E-state index contributed by atoms with van der Waals surface area (Å²) in [5.74, 6) is -0.266. The number of methoxy groups -OCH3 is 1. The van der Waals surface area contributed by atoms with Gasteiger partial charge in [0.15, 0.2) is 5.96 Å². The molecule has 150 valence electrons. The average Bonchev–Trinajstić information content (AvgIpc) is 3.42. The van der Waals surface area contributed by atoms with Crippen molar-refractivity contribution in [2.45, 2.75) is 43.7 Å². The zero-order chi connectivity index (χ0) is 19.2. The summed E-state index contributed by atoms with van der Waals surface area (Å²) in [4.78, 5) is 6.56. The Kier molecular flexibility index (Phi) is 7.01. The highest BCUT2D eigenvalue weighted by atomic mass is 19.1. The van der Waals surface area contributed by atoms with Gasteiger partial charge in [-0.15, -0.1) is 0 Å². The Bertz CT molecular complexity index is 628. The highest BCUT2D eigenvalue weighted by Gasteiger charge is 2.43. The first-order chi connectivity index (χ1) is 13.1. The summed E-state index contributed by atoms with van der Waals surface area (Å²) in [5.41, 5.74) is 0.189. The van der Waals surface area contributed by atoms with Crippen LogP contribution in [0.3, 0.4) is 0 Å². The van der Waals surface area contributed by atoms with E-state index in [0.29, 0.717) is 0 Å². The van der Waals surface area contributed by atoms with E-state index < -0.39 is 11.6 Å². The number of nitrogens with zero attached hydrogens (tertiary/aromatic N) is 2. The minimum absolute atomic E-state index is 0.0260. The van der Waals surface area contributed by atoms with Gasteiger partial charge in [-0.3, -0.25) is 4.99 Å². The second-order valence-electron chi connectivity index (χ2n) is 7.18. The molecule has 1 heterocycles. The van der Waals surface area contributed by atoms with Gasteiger partial charge >= 0.3 is 0 Å². The molecule has 27 heavy (non-hydrogen) atoms. The maximum Gasteiger partial charge on any atom is 0.193 e. The number of hydrogen-bond acceptors (Lipinski definition) is 3. The number of halogens is 2. The van der Waals surface area contributed by atoms with Crippen LogP contribution in [0.1, 0.15) is 37.2 Å². The molecule has 1 aliphatic carbocycles. The Balaban J connectivity index is 1.46. The molecule has 0 spiro atoms. The molecule has 0 amide bonds. The molecule has 1 saturated heterocycles. The van der Waals surface area contributed by atoms with Crippen molar-refractivity contribution < 1.29 is 18.3 Å². The molecule has 0 radical (unpaired) electrons. The van der Waals surface area contributed by atoms with E-state index in [0.717, 1.165) is 57.9 Å². The van der Waals surface area contributed by atoms with Crippen molar-refractivity contribution in [1.82, 2.24) is 10.2 Å². The molecule has 1 aromatic carbocycles. The molecule has 1 aliphatic heterocycles. The first kappa shape index (κ1) is 20.0. The number of benzene rings is 1. The summed E-state index contributed by atoms with van der Waals surface area (Å²) in [5, 5.41) is 3.37. The lowest BCUT2D eigenvalue weighted by molar-refractivity contribution is 0.00989. The summed E-state index contributed by atoms with van der Waals surface area (Å²) < 4.78 is 38.8. The summed E-state index contributed by atoms with van der Waals surface area (Å²) in [6, 6.07) is 4.07. The van der Waals surface area contributed by atoms with Crippen LogP contribution in [0.5, 0.6) is 0 Å². The molecule has 2 aliphatic rings. The van der Waals surface area contributed by atoms with Gasteiger partial charge in [0, 0.05) is 58.0 Å². The maximum absolute atomic E-state index is 14.0. The number of likely N-dealkylation sites (tertiary alicyclic amines) is 1. The van der Waals surface area contributed by atoms with Crippen molar-refractivity contribution in [2.24, 2.45) is 4.99 Å². The predicted molar refractivity (Wildman–Crippen MR) is 101 cm³/mol. The molecular weight excluding hydrogens is 352 g/mol. The van der Waals surface area contributed by atoms with E-state index in [1.165, 1.54) is 18.2 Å². The average molecular weight is 381 g/mol. The molecule has 2 unspecified atom stereocenters. The number of hydrogen-bond donors (Lipinski definition) is 1. The molecule has 7 heteroatoms. The van der Waals surface area contributed by atoms with Crippen LogP contribution in [0.25, 0.3) is 0 Å². The van der Waals surface area contributed by atoms with Crippen LogP contribution in [0.15, 0.2) is 23.2 Å². The highest BCUT2D eigenvalue weighted by Crippen LogP contribution is 2.43. The number of nitrogens with one attached hydrogen (secondary N) is 1. The van der Waals surface area contributed by atoms with Crippen LogP contribution in [-0.2, 0) is 9.47 Å². The van der Waals surface area contributed by atoms with Gasteiger partial charge in [-0.1, -0.05) is 6.07 Å². The van der Waals surface area contributed by atoms with Gasteiger partial charge in [0.25, 0.3) is 0 Å². The number of piperidine rings is 1. The molecule has 1 N–H and O–H groups in total. The third-order valence-corrected chi connectivity index (χ3v) is 5.28. The smallest absolute Gasteiger partial charge is 0.193 e. The number of aliphatic imine (C=N–C) groups is 1. The van der Waals surface area contributed by atoms with E-state index >= 15 is 0 Å². The molecule has 2 fully saturated rings. The standard InChI is InChI=1S/C20H29F2N3O2/c1-23-20(25-9-7-14(8-10-25)27-12-4-11-26-2)24-18-13-15(18)19-16(21)5-3-6-17(19)22/h3,5-6,14-15,18H,4,7-13H2,1-2H3,(H,23,24). The Morgan fingerprint density at radius 1 is 1.22 bits per heavy atom. The lowest BCUT2D eigenvalue weighted by Gasteiger charge is -2.34. The van der Waals surface area contributed by atoms with Gasteiger partial charge in [-0.2, -0.15) is 0 Å². The molecule has 3 rings (SSSR count). The SMILES string of the molecule is CN=C(NC1CC1c1c(F)cccc1F)N1CCC(OCCCOC)CC1. The van der Waals surface area contributed by atoms with Crippen LogP contribution in [-0.4, -0.2) is 63.5 Å². The molecule has 0 aromatic heterocycles. The van der Waals surface area contributed by atoms with Gasteiger partial charge < -0.3 is 19.7 Å². The van der Waals surface area contributed by atoms with Crippen LogP contribution in [0, 0.1) is 11.6 Å². The number of guanidine groups is 1. The lowest BCUT2D eigenvalue weighted by Crippen LogP contribution is -2.47. The third-order valence-electron chi connectivity index (χ3n) is 5.28. The maximum atomic E-state index is 14.0. The van der Waals surface area contributed by atoms with Crippen LogP contribution in [0.2, 0.25) is 0 Å². The topological polar surface area (TPSA) is 46.1 Å². The summed E-state index contributed by atoms with van der Waals surface area (Å²) in [7, 11) is 3.44. The van der Waals surface area contributed by atoms with Crippen molar-refractivity contribution in [2.75, 3.05) is 40.5 Å². The van der Waals surface area contributed by atoms with Crippen molar-refractivity contribution >= 4 is 5.96 Å². The summed E-state index contributed by atoms with van der Waals surface area (Å²) in [6.45, 7) is 3.17. The lowest BCUT2D eigenvalue weighted by atomic mass is 10.1. The quantitative estimate of drug-likeness (QED) is 0.448. The second-order valence-corrected chi connectivity index (χ2v) is 7.18. The van der Waals surface area contributed by atoms with Gasteiger partial charge in [-0.05, 0) is 37.8 Å². The van der Waals surface area contributed by atoms with Gasteiger partial charge in [0.05, 0.1) is 6.10 Å². The van der Waals surface area contributed by atoms with Crippen molar-refractivity contribution in [3.05, 3.63) is 35.4 Å². The van der Waals surface area contributed by atoms with E-state index in [1.54, 1.807) is 14.2 Å². The fourth-order valence-corrected chi connectivity index (χ4v) is 3.69. The minimum atomic E-state index is -0.467. The Hall–Kier alpha value is -1.73. The number of ether oxygens (including phenoxy) is 2. The third kappa shape index (κ3) is 5.17. The Morgan fingerprint density at radius 3 is 2.56 bits per heavy atom. The van der Waals surface area contributed by atoms with Crippen LogP contribution in [0.4, 0.5) is 8.78 Å². The van der Waals surface area contributed by atoms with Gasteiger partial charge in [-0.25, -0.2) is 8.78 Å². The zero-order valence-corrected chi connectivity index (χ0v) is 16.1. The largest absolute Gasteiger partial charge is 0.385 e. The first-order valence-electron chi connectivity index (χ1n) is 9.66. The molecule has 0 bridgehead atoms. The molecule has 5 nitrogen and oxygen atoms in total.